The minimum absolute atomic E-state index is 0.132. The highest BCUT2D eigenvalue weighted by Crippen LogP contribution is 2.25. The summed E-state index contributed by atoms with van der Waals surface area (Å²) in [6.45, 7) is 4.65. The first-order valence-electron chi connectivity index (χ1n) is 6.82. The highest BCUT2D eigenvalue weighted by Gasteiger charge is 2.39. The molecule has 0 bridgehead atoms. The zero-order valence-electron chi connectivity index (χ0n) is 12.1. The number of nitrogens with one attached hydrogen (secondary N) is 1. The smallest absolute Gasteiger partial charge is 0.305 e. The van der Waals surface area contributed by atoms with Crippen molar-refractivity contribution in [2.75, 3.05) is 13.2 Å². The van der Waals surface area contributed by atoms with E-state index in [2.05, 4.69) is 21.2 Å². The van der Waals surface area contributed by atoms with E-state index in [9.17, 15) is 9.59 Å². The van der Waals surface area contributed by atoms with Crippen LogP contribution in [0.5, 0.6) is 0 Å². The first kappa shape index (κ1) is 16.0. The number of carboxylic acids is 1. The Morgan fingerprint density at radius 2 is 2.29 bits per heavy atom. The molecule has 0 saturated carbocycles. The molecule has 0 aromatic carbocycles. The molecule has 1 aromatic heterocycles. The normalized spacial score (nSPS) is 21.7. The number of aliphatic carboxylic acids is 1. The maximum absolute atomic E-state index is 12.5. The molecular formula is C14H19BrN2O4. The van der Waals surface area contributed by atoms with Crippen molar-refractivity contribution in [2.45, 2.75) is 38.3 Å². The average Bonchev–Trinajstić information content (AvgIpc) is 2.95. The summed E-state index contributed by atoms with van der Waals surface area (Å²) in [7, 11) is 0. The van der Waals surface area contributed by atoms with Crippen LogP contribution in [0.4, 0.5) is 0 Å². The molecular weight excluding hydrogens is 340 g/mol. The second-order valence-corrected chi connectivity index (χ2v) is 6.57. The van der Waals surface area contributed by atoms with Gasteiger partial charge in [-0.15, -0.1) is 0 Å². The zero-order chi connectivity index (χ0) is 15.6. The number of hydrogen-bond donors (Lipinski definition) is 2. The van der Waals surface area contributed by atoms with E-state index in [0.717, 1.165) is 4.47 Å². The fourth-order valence-electron chi connectivity index (χ4n) is 2.54. The van der Waals surface area contributed by atoms with Crippen molar-refractivity contribution in [2.24, 2.45) is 0 Å². The average molecular weight is 359 g/mol. The van der Waals surface area contributed by atoms with Crippen molar-refractivity contribution in [3.8, 4) is 0 Å². The first-order chi connectivity index (χ1) is 9.83. The van der Waals surface area contributed by atoms with Crippen molar-refractivity contribution in [1.82, 2.24) is 9.88 Å². The van der Waals surface area contributed by atoms with Crippen LogP contribution in [0.25, 0.3) is 0 Å². The van der Waals surface area contributed by atoms with Crippen molar-refractivity contribution >= 4 is 27.8 Å². The lowest BCUT2D eigenvalue weighted by atomic mass is 9.94. The van der Waals surface area contributed by atoms with E-state index in [0.29, 0.717) is 18.7 Å². The predicted molar refractivity (Wildman–Crippen MR) is 80.4 cm³/mol. The predicted octanol–water partition coefficient (Wildman–Crippen LogP) is 2.20. The van der Waals surface area contributed by atoms with Crippen LogP contribution >= 0.6 is 15.9 Å². The summed E-state index contributed by atoms with van der Waals surface area (Å²) in [6.07, 6.45) is 2.21. The molecule has 1 fully saturated rings. The van der Waals surface area contributed by atoms with E-state index < -0.39 is 11.5 Å². The molecule has 0 aliphatic carbocycles. The second-order valence-electron chi connectivity index (χ2n) is 5.65. The largest absolute Gasteiger partial charge is 0.481 e. The molecule has 1 saturated heterocycles. The molecule has 2 N–H and O–H groups in total. The highest BCUT2D eigenvalue weighted by molar-refractivity contribution is 9.10. The van der Waals surface area contributed by atoms with Gasteiger partial charge in [0, 0.05) is 23.3 Å². The van der Waals surface area contributed by atoms with E-state index in [-0.39, 0.29) is 25.0 Å². The van der Waals surface area contributed by atoms with Gasteiger partial charge in [-0.3, -0.25) is 9.59 Å². The van der Waals surface area contributed by atoms with Crippen LogP contribution in [0, 0.1) is 0 Å². The van der Waals surface area contributed by atoms with Gasteiger partial charge in [-0.1, -0.05) is 0 Å². The van der Waals surface area contributed by atoms with Gasteiger partial charge in [0.2, 0.25) is 0 Å². The maximum atomic E-state index is 12.5. The van der Waals surface area contributed by atoms with Gasteiger partial charge in [0.15, 0.2) is 0 Å². The molecule has 6 nitrogen and oxygen atoms in total. The van der Waals surface area contributed by atoms with Gasteiger partial charge in [0.05, 0.1) is 18.6 Å². The quantitative estimate of drug-likeness (QED) is 0.845. The van der Waals surface area contributed by atoms with E-state index >= 15 is 0 Å². The SMILES string of the molecule is CC(C)n1cc(Br)cc1C(=O)NC1(CC(=O)O)CCOC1. The third kappa shape index (κ3) is 3.65. The summed E-state index contributed by atoms with van der Waals surface area (Å²) in [5.41, 5.74) is -0.310. The Labute approximate surface area is 131 Å². The van der Waals surface area contributed by atoms with E-state index in [1.54, 1.807) is 6.07 Å². The number of carbonyl (C=O) groups excluding carboxylic acids is 1. The summed E-state index contributed by atoms with van der Waals surface area (Å²) < 4.78 is 7.95. The maximum Gasteiger partial charge on any atom is 0.305 e. The summed E-state index contributed by atoms with van der Waals surface area (Å²) in [4.78, 5) is 23.6. The van der Waals surface area contributed by atoms with Gasteiger partial charge in [0.25, 0.3) is 5.91 Å². The topological polar surface area (TPSA) is 80.6 Å². The van der Waals surface area contributed by atoms with E-state index in [1.807, 2.05) is 24.6 Å². The molecule has 1 unspecified atom stereocenters. The van der Waals surface area contributed by atoms with Crippen molar-refractivity contribution in [3.05, 3.63) is 22.4 Å². The lowest BCUT2D eigenvalue weighted by molar-refractivity contribution is -0.138. The molecule has 0 radical (unpaired) electrons. The number of ether oxygens (including phenoxy) is 1. The number of hydrogen-bond acceptors (Lipinski definition) is 3. The Kier molecular flexibility index (Phi) is 4.73. The second kappa shape index (κ2) is 6.19. The van der Waals surface area contributed by atoms with Gasteiger partial charge in [-0.2, -0.15) is 0 Å². The number of aromatic nitrogens is 1. The van der Waals surface area contributed by atoms with Gasteiger partial charge in [-0.25, -0.2) is 0 Å². The molecule has 2 rings (SSSR count). The molecule has 1 atom stereocenters. The van der Waals surface area contributed by atoms with Gasteiger partial charge < -0.3 is 19.7 Å². The van der Waals surface area contributed by atoms with Crippen molar-refractivity contribution in [3.63, 3.8) is 0 Å². The lowest BCUT2D eigenvalue weighted by Crippen LogP contribution is -2.50. The Balaban J connectivity index is 2.22. The summed E-state index contributed by atoms with van der Waals surface area (Å²) in [6, 6.07) is 1.87. The fraction of sp³-hybridized carbons (Fsp3) is 0.571. The van der Waals surface area contributed by atoms with Crippen LogP contribution in [0.1, 0.15) is 43.2 Å². The standard InChI is InChI=1S/C14H19BrN2O4/c1-9(2)17-7-10(15)5-11(17)13(20)16-14(6-12(18)19)3-4-21-8-14/h5,7,9H,3-4,6,8H2,1-2H3,(H,16,20)(H,18,19). The first-order valence-corrected chi connectivity index (χ1v) is 7.62. The van der Waals surface area contributed by atoms with E-state index in [4.69, 9.17) is 9.84 Å². The van der Waals surface area contributed by atoms with Crippen LogP contribution < -0.4 is 5.32 Å². The Morgan fingerprint density at radius 1 is 1.57 bits per heavy atom. The summed E-state index contributed by atoms with van der Waals surface area (Å²) in [5.74, 6) is -1.22. The van der Waals surface area contributed by atoms with E-state index in [1.165, 1.54) is 0 Å². The van der Waals surface area contributed by atoms with Crippen molar-refractivity contribution < 1.29 is 19.4 Å². The third-order valence-corrected chi connectivity index (χ3v) is 4.01. The minimum atomic E-state index is -0.943. The number of halogens is 1. The molecule has 2 heterocycles. The Morgan fingerprint density at radius 3 is 2.81 bits per heavy atom. The molecule has 1 aliphatic rings. The van der Waals surface area contributed by atoms with Gasteiger partial charge >= 0.3 is 5.97 Å². The van der Waals surface area contributed by atoms with Crippen LogP contribution in [-0.2, 0) is 9.53 Å². The molecule has 0 spiro atoms. The minimum Gasteiger partial charge on any atom is -0.481 e. The molecule has 21 heavy (non-hydrogen) atoms. The molecule has 1 amide bonds. The zero-order valence-corrected chi connectivity index (χ0v) is 13.6. The van der Waals surface area contributed by atoms with Gasteiger partial charge in [-0.05, 0) is 42.3 Å². The van der Waals surface area contributed by atoms with Crippen LogP contribution in [0.3, 0.4) is 0 Å². The number of carboxylic acid groups (broad SMARTS) is 1. The summed E-state index contributed by atoms with van der Waals surface area (Å²) in [5, 5.41) is 11.9. The molecule has 1 aliphatic heterocycles. The molecule has 7 heteroatoms. The molecule has 1 aromatic rings. The lowest BCUT2D eigenvalue weighted by Gasteiger charge is -2.27. The number of carbonyl (C=O) groups is 2. The van der Waals surface area contributed by atoms with Gasteiger partial charge in [0.1, 0.15) is 5.69 Å². The Bertz CT molecular complexity index is 547. The summed E-state index contributed by atoms with van der Waals surface area (Å²) >= 11 is 3.37. The van der Waals surface area contributed by atoms with Crippen LogP contribution in [-0.4, -0.2) is 40.3 Å². The third-order valence-electron chi connectivity index (χ3n) is 3.58. The highest BCUT2D eigenvalue weighted by atomic mass is 79.9. The number of rotatable bonds is 5. The Hall–Kier alpha value is -1.34. The van der Waals surface area contributed by atoms with Crippen LogP contribution in [0.15, 0.2) is 16.7 Å². The molecule has 116 valence electrons. The number of amides is 1. The fourth-order valence-corrected chi connectivity index (χ4v) is 2.98. The van der Waals surface area contributed by atoms with Crippen molar-refractivity contribution in [1.29, 1.82) is 0 Å². The van der Waals surface area contributed by atoms with Crippen LogP contribution in [0.2, 0.25) is 0 Å². The monoisotopic (exact) mass is 358 g/mol. The number of nitrogens with zero attached hydrogens (tertiary/aromatic N) is 1.